The molecule has 2 amide bonds. The Morgan fingerprint density at radius 3 is 2.61 bits per heavy atom. The number of carbonyl (C=O) groups is 2. The predicted octanol–water partition coefficient (Wildman–Crippen LogP) is 3.33. The van der Waals surface area contributed by atoms with Crippen molar-refractivity contribution in [2.75, 3.05) is 26.2 Å². The Morgan fingerprint density at radius 2 is 1.85 bits per heavy atom. The lowest BCUT2D eigenvalue weighted by atomic mass is 9.71. The van der Waals surface area contributed by atoms with Gasteiger partial charge in [0, 0.05) is 61.3 Å². The van der Waals surface area contributed by atoms with Crippen molar-refractivity contribution >= 4 is 22.7 Å². The molecule has 2 aliphatic rings. The molecular formula is C27H30N4O2. The second-order valence-electron chi connectivity index (χ2n) is 9.81. The minimum Gasteiger partial charge on any atom is -0.354 e. The number of fused-ring (bicyclic) bond motifs is 1. The van der Waals surface area contributed by atoms with Crippen LogP contribution in [0.25, 0.3) is 10.9 Å². The zero-order chi connectivity index (χ0) is 23.0. The molecule has 33 heavy (non-hydrogen) atoms. The minimum atomic E-state index is -0.193. The van der Waals surface area contributed by atoms with Crippen LogP contribution in [0, 0.1) is 11.3 Å². The monoisotopic (exact) mass is 442 g/mol. The number of nitrogens with one attached hydrogen (secondary N) is 1. The fraction of sp³-hybridized carbons (Fsp3) is 0.370. The molecule has 0 bridgehead atoms. The van der Waals surface area contributed by atoms with Crippen LogP contribution >= 0.6 is 0 Å². The van der Waals surface area contributed by atoms with Gasteiger partial charge >= 0.3 is 0 Å². The van der Waals surface area contributed by atoms with Gasteiger partial charge in [0.1, 0.15) is 0 Å². The highest BCUT2D eigenvalue weighted by Gasteiger charge is 2.57. The maximum absolute atomic E-state index is 13.2. The Hall–Kier alpha value is -3.25. The number of rotatable bonds is 5. The van der Waals surface area contributed by atoms with E-state index in [1.807, 2.05) is 67.3 Å². The Balaban J connectivity index is 1.33. The average Bonchev–Trinajstić information content (AvgIpc) is 3.17. The van der Waals surface area contributed by atoms with Crippen molar-refractivity contribution in [3.63, 3.8) is 0 Å². The van der Waals surface area contributed by atoms with Gasteiger partial charge in [0.25, 0.3) is 5.91 Å². The van der Waals surface area contributed by atoms with Gasteiger partial charge in [-0.15, -0.1) is 0 Å². The van der Waals surface area contributed by atoms with Crippen molar-refractivity contribution in [2.24, 2.45) is 11.3 Å². The number of hydrogen-bond acceptors (Lipinski definition) is 4. The summed E-state index contributed by atoms with van der Waals surface area (Å²) in [7, 11) is 0. The normalized spacial score (nSPS) is 19.7. The van der Waals surface area contributed by atoms with Crippen molar-refractivity contribution in [3.8, 4) is 0 Å². The molecule has 2 saturated heterocycles. The summed E-state index contributed by atoms with van der Waals surface area (Å²) >= 11 is 0. The number of pyridine rings is 1. The van der Waals surface area contributed by atoms with Gasteiger partial charge < -0.3 is 10.2 Å². The number of aromatic nitrogens is 1. The fourth-order valence-electron chi connectivity index (χ4n) is 5.35. The third-order valence-electron chi connectivity index (χ3n) is 6.86. The highest BCUT2D eigenvalue weighted by atomic mass is 16.2. The van der Waals surface area contributed by atoms with E-state index >= 15 is 0 Å². The highest BCUT2D eigenvalue weighted by molar-refractivity contribution is 5.98. The Labute approximate surface area is 194 Å². The molecule has 170 valence electrons. The molecule has 0 saturated carbocycles. The quantitative estimate of drug-likeness (QED) is 0.658. The SMILES string of the molecule is CC(C)NC(=O)C1CN(Cc2ccccc2)CC12CN(C(=O)c1ccc3ncccc3c1)C2. The number of hydrogen-bond donors (Lipinski definition) is 1. The van der Waals surface area contributed by atoms with Crippen LogP contribution < -0.4 is 5.32 Å². The molecule has 1 spiro atoms. The van der Waals surface area contributed by atoms with Gasteiger partial charge in [0.15, 0.2) is 0 Å². The van der Waals surface area contributed by atoms with Crippen LogP contribution in [0.3, 0.4) is 0 Å². The standard InChI is InChI=1S/C27H30N4O2/c1-19(2)29-25(32)23-15-30(14-20-7-4-3-5-8-20)16-27(23)17-31(18-27)26(33)22-10-11-24-21(13-22)9-6-12-28-24/h3-13,19,23H,14-18H2,1-2H3,(H,29,32). The first-order valence-electron chi connectivity index (χ1n) is 11.6. The molecule has 0 radical (unpaired) electrons. The number of nitrogens with zero attached hydrogens (tertiary/aromatic N) is 3. The third-order valence-corrected chi connectivity index (χ3v) is 6.86. The lowest BCUT2D eigenvalue weighted by Gasteiger charge is -2.50. The maximum atomic E-state index is 13.2. The molecule has 5 rings (SSSR count). The van der Waals surface area contributed by atoms with E-state index in [4.69, 9.17) is 0 Å². The minimum absolute atomic E-state index is 0.0240. The van der Waals surface area contributed by atoms with E-state index in [0.717, 1.165) is 30.5 Å². The summed E-state index contributed by atoms with van der Waals surface area (Å²) in [6.07, 6.45) is 1.76. The molecule has 2 fully saturated rings. The Morgan fingerprint density at radius 1 is 1.06 bits per heavy atom. The zero-order valence-corrected chi connectivity index (χ0v) is 19.2. The van der Waals surface area contributed by atoms with E-state index in [1.165, 1.54) is 5.56 Å². The van der Waals surface area contributed by atoms with Crippen LogP contribution in [0.15, 0.2) is 66.9 Å². The first-order valence-corrected chi connectivity index (χ1v) is 11.6. The van der Waals surface area contributed by atoms with E-state index in [2.05, 4.69) is 27.3 Å². The van der Waals surface area contributed by atoms with Crippen LogP contribution in [0.5, 0.6) is 0 Å². The smallest absolute Gasteiger partial charge is 0.253 e. The van der Waals surface area contributed by atoms with Gasteiger partial charge in [-0.05, 0) is 43.7 Å². The van der Waals surface area contributed by atoms with Crippen LogP contribution in [0.2, 0.25) is 0 Å². The molecule has 3 heterocycles. The van der Waals surface area contributed by atoms with Crippen molar-refractivity contribution in [3.05, 3.63) is 78.0 Å². The molecule has 1 atom stereocenters. The topological polar surface area (TPSA) is 65.5 Å². The summed E-state index contributed by atoms with van der Waals surface area (Å²) in [5.41, 5.74) is 2.61. The van der Waals surface area contributed by atoms with E-state index in [-0.39, 0.29) is 29.2 Å². The van der Waals surface area contributed by atoms with Crippen molar-refractivity contribution in [2.45, 2.75) is 26.4 Å². The van der Waals surface area contributed by atoms with Crippen molar-refractivity contribution in [1.82, 2.24) is 20.1 Å². The van der Waals surface area contributed by atoms with E-state index in [9.17, 15) is 9.59 Å². The number of amides is 2. The summed E-state index contributed by atoms with van der Waals surface area (Å²) in [6, 6.07) is 20.0. The zero-order valence-electron chi connectivity index (χ0n) is 19.2. The Kier molecular flexibility index (Phi) is 5.62. The lowest BCUT2D eigenvalue weighted by molar-refractivity contribution is -0.131. The first kappa shape index (κ1) is 21.6. The van der Waals surface area contributed by atoms with Crippen molar-refractivity contribution in [1.29, 1.82) is 0 Å². The van der Waals surface area contributed by atoms with Gasteiger partial charge in [-0.2, -0.15) is 0 Å². The number of benzene rings is 2. The third kappa shape index (κ3) is 4.23. The molecule has 6 heteroatoms. The number of likely N-dealkylation sites (tertiary alicyclic amines) is 2. The first-order chi connectivity index (χ1) is 15.9. The van der Waals surface area contributed by atoms with Crippen LogP contribution in [0.1, 0.15) is 29.8 Å². The Bertz CT molecular complexity index is 1170. The van der Waals surface area contributed by atoms with Gasteiger partial charge in [-0.1, -0.05) is 36.4 Å². The molecule has 6 nitrogen and oxygen atoms in total. The van der Waals surface area contributed by atoms with E-state index in [1.54, 1.807) is 6.20 Å². The molecule has 3 aromatic rings. The van der Waals surface area contributed by atoms with Gasteiger partial charge in [0.05, 0.1) is 11.4 Å². The second-order valence-corrected chi connectivity index (χ2v) is 9.81. The predicted molar refractivity (Wildman–Crippen MR) is 129 cm³/mol. The van der Waals surface area contributed by atoms with E-state index in [0.29, 0.717) is 18.7 Å². The van der Waals surface area contributed by atoms with Crippen LogP contribution in [-0.2, 0) is 11.3 Å². The lowest BCUT2D eigenvalue weighted by Crippen LogP contribution is -2.64. The van der Waals surface area contributed by atoms with Gasteiger partial charge in [-0.25, -0.2) is 0 Å². The van der Waals surface area contributed by atoms with E-state index < -0.39 is 0 Å². The summed E-state index contributed by atoms with van der Waals surface area (Å²) in [4.78, 5) is 34.9. The number of carbonyl (C=O) groups excluding carboxylic acids is 2. The van der Waals surface area contributed by atoms with Gasteiger partial charge in [-0.3, -0.25) is 19.5 Å². The highest BCUT2D eigenvalue weighted by Crippen LogP contribution is 2.45. The average molecular weight is 443 g/mol. The van der Waals surface area contributed by atoms with Crippen LogP contribution in [-0.4, -0.2) is 58.8 Å². The van der Waals surface area contributed by atoms with Crippen LogP contribution in [0.4, 0.5) is 0 Å². The molecule has 1 N–H and O–H groups in total. The molecule has 0 aliphatic carbocycles. The fourth-order valence-corrected chi connectivity index (χ4v) is 5.35. The molecule has 1 aromatic heterocycles. The summed E-state index contributed by atoms with van der Waals surface area (Å²) in [5.74, 6) is 0.00816. The summed E-state index contributed by atoms with van der Waals surface area (Å²) in [5, 5.41) is 4.07. The molecule has 2 aromatic carbocycles. The second kappa shape index (κ2) is 8.60. The summed E-state index contributed by atoms with van der Waals surface area (Å²) in [6.45, 7) is 7.57. The molecule has 1 unspecified atom stereocenters. The van der Waals surface area contributed by atoms with Crippen molar-refractivity contribution < 1.29 is 9.59 Å². The summed E-state index contributed by atoms with van der Waals surface area (Å²) < 4.78 is 0. The maximum Gasteiger partial charge on any atom is 0.253 e. The molecule has 2 aliphatic heterocycles. The molecular weight excluding hydrogens is 412 g/mol. The van der Waals surface area contributed by atoms with Gasteiger partial charge in [0.2, 0.25) is 5.91 Å². The largest absolute Gasteiger partial charge is 0.354 e.